The smallest absolute Gasteiger partial charge is 0.229 e. The minimum atomic E-state index is -0.290. The van der Waals surface area contributed by atoms with E-state index < -0.39 is 0 Å². The summed E-state index contributed by atoms with van der Waals surface area (Å²) in [6, 6.07) is 0. The molecule has 6 heteroatoms. The second-order valence-corrected chi connectivity index (χ2v) is 5.02. The van der Waals surface area contributed by atoms with Gasteiger partial charge in [-0.25, -0.2) is 0 Å². The van der Waals surface area contributed by atoms with Crippen molar-refractivity contribution in [3.05, 3.63) is 11.7 Å². The van der Waals surface area contributed by atoms with Gasteiger partial charge in [0.25, 0.3) is 0 Å². The van der Waals surface area contributed by atoms with Crippen LogP contribution in [0.25, 0.3) is 0 Å². The minimum Gasteiger partial charge on any atom is -0.396 e. The standard InChI is InChI=1S/C12H23N3O3/c1-9(2)11-14-10(15-18-11)7-13-12(3,5-6-16)8-17-4/h9,13,16H,5-8H2,1-4H3. The van der Waals surface area contributed by atoms with E-state index in [1.165, 1.54) is 0 Å². The molecular formula is C12H23N3O3. The Kier molecular flexibility index (Phi) is 5.71. The zero-order valence-electron chi connectivity index (χ0n) is 11.6. The van der Waals surface area contributed by atoms with Crippen LogP contribution in [0, 0.1) is 0 Å². The zero-order valence-corrected chi connectivity index (χ0v) is 11.6. The molecule has 0 aliphatic heterocycles. The second kappa shape index (κ2) is 6.82. The van der Waals surface area contributed by atoms with E-state index in [0.29, 0.717) is 31.3 Å². The maximum atomic E-state index is 9.06. The van der Waals surface area contributed by atoms with E-state index in [-0.39, 0.29) is 18.1 Å². The van der Waals surface area contributed by atoms with Crippen molar-refractivity contribution < 1.29 is 14.4 Å². The molecule has 0 bridgehead atoms. The van der Waals surface area contributed by atoms with E-state index in [0.717, 1.165) is 0 Å². The van der Waals surface area contributed by atoms with E-state index in [2.05, 4.69) is 15.5 Å². The Bertz CT molecular complexity index is 346. The molecule has 104 valence electrons. The van der Waals surface area contributed by atoms with E-state index in [1.807, 2.05) is 20.8 Å². The van der Waals surface area contributed by atoms with Crippen molar-refractivity contribution in [2.75, 3.05) is 20.3 Å². The molecule has 1 atom stereocenters. The number of nitrogens with zero attached hydrogens (tertiary/aromatic N) is 2. The van der Waals surface area contributed by atoms with Crippen LogP contribution in [0.1, 0.15) is 44.8 Å². The quantitative estimate of drug-likeness (QED) is 0.725. The molecule has 1 rings (SSSR count). The van der Waals surface area contributed by atoms with E-state index in [1.54, 1.807) is 7.11 Å². The normalized spacial score (nSPS) is 15.0. The third kappa shape index (κ3) is 4.36. The highest BCUT2D eigenvalue weighted by Gasteiger charge is 2.23. The SMILES string of the molecule is COCC(C)(CCO)NCc1noc(C(C)C)n1. The lowest BCUT2D eigenvalue weighted by Gasteiger charge is -2.28. The molecule has 1 unspecified atom stereocenters. The number of methoxy groups -OCH3 is 1. The van der Waals surface area contributed by atoms with E-state index >= 15 is 0 Å². The number of aromatic nitrogens is 2. The first-order valence-corrected chi connectivity index (χ1v) is 6.18. The van der Waals surface area contributed by atoms with Crippen molar-refractivity contribution in [2.24, 2.45) is 0 Å². The Morgan fingerprint density at radius 2 is 2.22 bits per heavy atom. The Hall–Kier alpha value is -0.980. The van der Waals surface area contributed by atoms with Crippen molar-refractivity contribution in [2.45, 2.75) is 45.2 Å². The average molecular weight is 257 g/mol. The highest BCUT2D eigenvalue weighted by Crippen LogP contribution is 2.13. The summed E-state index contributed by atoms with van der Waals surface area (Å²) in [4.78, 5) is 4.29. The van der Waals surface area contributed by atoms with Gasteiger partial charge in [-0.1, -0.05) is 19.0 Å². The summed E-state index contributed by atoms with van der Waals surface area (Å²) < 4.78 is 10.3. The first-order chi connectivity index (χ1) is 8.50. The lowest BCUT2D eigenvalue weighted by atomic mass is 9.99. The molecular weight excluding hydrogens is 234 g/mol. The number of aliphatic hydroxyl groups excluding tert-OH is 1. The fourth-order valence-corrected chi connectivity index (χ4v) is 1.64. The highest BCUT2D eigenvalue weighted by atomic mass is 16.5. The molecule has 0 fully saturated rings. The molecule has 0 aliphatic carbocycles. The summed E-state index contributed by atoms with van der Waals surface area (Å²) in [5.74, 6) is 1.50. The Balaban J connectivity index is 2.55. The van der Waals surface area contributed by atoms with Gasteiger partial charge >= 0.3 is 0 Å². The first-order valence-electron chi connectivity index (χ1n) is 6.18. The molecule has 0 saturated heterocycles. The van der Waals surface area contributed by atoms with Gasteiger partial charge in [0.05, 0.1) is 13.2 Å². The lowest BCUT2D eigenvalue weighted by molar-refractivity contribution is 0.0963. The van der Waals surface area contributed by atoms with Crippen LogP contribution < -0.4 is 5.32 Å². The van der Waals surface area contributed by atoms with Crippen LogP contribution in [-0.2, 0) is 11.3 Å². The summed E-state index contributed by atoms with van der Waals surface area (Å²) in [5, 5.41) is 16.3. The third-order valence-corrected chi connectivity index (χ3v) is 2.78. The predicted molar refractivity (Wildman–Crippen MR) is 67.2 cm³/mol. The fraction of sp³-hybridized carbons (Fsp3) is 0.833. The van der Waals surface area contributed by atoms with Crippen molar-refractivity contribution in [1.82, 2.24) is 15.5 Å². The Morgan fingerprint density at radius 3 is 2.72 bits per heavy atom. The van der Waals surface area contributed by atoms with Crippen molar-refractivity contribution in [3.63, 3.8) is 0 Å². The molecule has 1 heterocycles. The van der Waals surface area contributed by atoms with Crippen LogP contribution in [0.5, 0.6) is 0 Å². The number of ether oxygens (including phenoxy) is 1. The molecule has 2 N–H and O–H groups in total. The summed E-state index contributed by atoms with van der Waals surface area (Å²) in [6.07, 6.45) is 0.607. The molecule has 0 spiro atoms. The van der Waals surface area contributed by atoms with Crippen LogP contribution in [0.3, 0.4) is 0 Å². The van der Waals surface area contributed by atoms with Gasteiger partial charge in [-0.2, -0.15) is 4.98 Å². The minimum absolute atomic E-state index is 0.107. The monoisotopic (exact) mass is 257 g/mol. The first kappa shape index (κ1) is 15.1. The molecule has 0 radical (unpaired) electrons. The topological polar surface area (TPSA) is 80.4 Å². The van der Waals surface area contributed by atoms with Gasteiger partial charge in [-0.3, -0.25) is 0 Å². The number of hydrogen-bond donors (Lipinski definition) is 2. The van der Waals surface area contributed by atoms with Gasteiger partial charge in [0, 0.05) is 25.2 Å². The van der Waals surface area contributed by atoms with Gasteiger partial charge < -0.3 is 19.7 Å². The maximum absolute atomic E-state index is 9.06. The Morgan fingerprint density at radius 1 is 1.50 bits per heavy atom. The van der Waals surface area contributed by atoms with Crippen molar-refractivity contribution in [3.8, 4) is 0 Å². The Labute approximate surface area is 108 Å². The molecule has 0 aromatic carbocycles. The van der Waals surface area contributed by atoms with Crippen LogP contribution in [0.15, 0.2) is 4.52 Å². The number of aliphatic hydroxyl groups is 1. The molecule has 0 amide bonds. The molecule has 1 aromatic rings. The van der Waals surface area contributed by atoms with Gasteiger partial charge in [0.1, 0.15) is 0 Å². The summed E-state index contributed by atoms with van der Waals surface area (Å²) in [6.45, 7) is 7.13. The van der Waals surface area contributed by atoms with E-state index in [9.17, 15) is 0 Å². The fourth-order valence-electron chi connectivity index (χ4n) is 1.64. The van der Waals surface area contributed by atoms with Crippen molar-refractivity contribution >= 4 is 0 Å². The average Bonchev–Trinajstić information content (AvgIpc) is 2.76. The molecule has 18 heavy (non-hydrogen) atoms. The van der Waals surface area contributed by atoms with Gasteiger partial charge in [0.15, 0.2) is 5.82 Å². The van der Waals surface area contributed by atoms with Gasteiger partial charge in [-0.05, 0) is 13.3 Å². The summed E-state index contributed by atoms with van der Waals surface area (Å²) in [5.41, 5.74) is -0.290. The molecule has 0 aliphatic rings. The van der Waals surface area contributed by atoms with E-state index in [4.69, 9.17) is 14.4 Å². The zero-order chi connectivity index (χ0) is 13.6. The van der Waals surface area contributed by atoms with Gasteiger partial charge in [-0.15, -0.1) is 0 Å². The number of nitrogens with one attached hydrogen (secondary N) is 1. The molecule has 6 nitrogen and oxygen atoms in total. The van der Waals surface area contributed by atoms with Gasteiger partial charge in [0.2, 0.25) is 5.89 Å². The summed E-state index contributed by atoms with van der Waals surface area (Å²) >= 11 is 0. The lowest BCUT2D eigenvalue weighted by Crippen LogP contribution is -2.46. The predicted octanol–water partition coefficient (Wildman–Crippen LogP) is 1.07. The summed E-state index contributed by atoms with van der Waals surface area (Å²) in [7, 11) is 1.64. The maximum Gasteiger partial charge on any atom is 0.229 e. The third-order valence-electron chi connectivity index (χ3n) is 2.78. The van der Waals surface area contributed by atoms with Crippen LogP contribution in [0.4, 0.5) is 0 Å². The van der Waals surface area contributed by atoms with Crippen LogP contribution in [0.2, 0.25) is 0 Å². The second-order valence-electron chi connectivity index (χ2n) is 5.02. The number of rotatable bonds is 8. The number of hydrogen-bond acceptors (Lipinski definition) is 6. The molecule has 0 saturated carbocycles. The van der Waals surface area contributed by atoms with Crippen LogP contribution in [-0.4, -0.2) is 41.1 Å². The van der Waals surface area contributed by atoms with Crippen LogP contribution >= 0.6 is 0 Å². The highest BCUT2D eigenvalue weighted by molar-refractivity contribution is 4.92. The van der Waals surface area contributed by atoms with Crippen molar-refractivity contribution in [1.29, 1.82) is 0 Å². The largest absolute Gasteiger partial charge is 0.396 e. The molecule has 1 aromatic heterocycles.